The number of rotatable bonds is 13. The summed E-state index contributed by atoms with van der Waals surface area (Å²) in [5.41, 5.74) is 0. The second kappa shape index (κ2) is 15.5. The van der Waals surface area contributed by atoms with Crippen molar-refractivity contribution in [2.45, 2.75) is 67.3 Å². The fourth-order valence-electron chi connectivity index (χ4n) is 4.26. The van der Waals surface area contributed by atoms with Crippen molar-refractivity contribution in [3.63, 3.8) is 0 Å². The van der Waals surface area contributed by atoms with Gasteiger partial charge in [-0.2, -0.15) is 0 Å². The van der Waals surface area contributed by atoms with Crippen molar-refractivity contribution in [3.8, 4) is 0 Å². The van der Waals surface area contributed by atoms with Crippen LogP contribution in [0.15, 0.2) is 4.36 Å². The standard InChI is InChI=1S/C23H44N4O11S3/c1-12(28)11-39-17(23(34)25-8-16-22(33)20(31)14(10-38-16)27-41(4,5)36)6-18(29)24-7-15-21(32)19(30)13(9-37-15)26-40(2,3)35/h13-17,19-22,30-33,40H,6-11H2,1-5H3,(H,24,29)(H,25,34)(H,26,35)/t13-,14-,15-,16?,17?,19-,20-,21+,22+/m1/s1. The average molecular weight is 649 g/mol. The first-order valence-corrected chi connectivity index (χ1v) is 19.0. The topological polar surface area (TPSA) is 233 Å². The van der Waals surface area contributed by atoms with Crippen LogP contribution in [0.4, 0.5) is 0 Å². The Balaban J connectivity index is 1.91. The lowest BCUT2D eigenvalue weighted by molar-refractivity contribution is -0.147. The Hall–Kier alpha value is -1.22. The molecule has 0 spiro atoms. The highest BCUT2D eigenvalue weighted by atomic mass is 32.3. The third-order valence-electron chi connectivity index (χ3n) is 6.23. The summed E-state index contributed by atoms with van der Waals surface area (Å²) in [5.74, 6) is -1.42. The Kier molecular flexibility index (Phi) is 13.6. The average Bonchev–Trinajstić information content (AvgIpc) is 2.84. The molecular weight excluding hydrogens is 604 g/mol. The van der Waals surface area contributed by atoms with Gasteiger partial charge < -0.3 is 40.5 Å². The number of nitrogens with zero attached hydrogens (tertiary/aromatic N) is 1. The summed E-state index contributed by atoms with van der Waals surface area (Å²) in [6.45, 7) is 0.818. The molecule has 240 valence electrons. The summed E-state index contributed by atoms with van der Waals surface area (Å²) in [7, 11) is -5.25. The number of hydrogen-bond donors (Lipinski definition) is 8. The van der Waals surface area contributed by atoms with Crippen LogP contribution >= 0.6 is 11.8 Å². The van der Waals surface area contributed by atoms with Crippen LogP contribution in [0.2, 0.25) is 0 Å². The van der Waals surface area contributed by atoms with Crippen molar-refractivity contribution in [3.05, 3.63) is 0 Å². The van der Waals surface area contributed by atoms with Gasteiger partial charge in [-0.05, 0) is 6.92 Å². The smallest absolute Gasteiger partial charge is 0.233 e. The van der Waals surface area contributed by atoms with E-state index in [1.807, 2.05) is 0 Å². The number of carbonyl (C=O) groups excluding carboxylic acids is 3. The molecule has 41 heavy (non-hydrogen) atoms. The maximum absolute atomic E-state index is 12.9. The van der Waals surface area contributed by atoms with Crippen LogP contribution in [0.1, 0.15) is 13.3 Å². The number of thiol groups is 1. The Morgan fingerprint density at radius 2 is 1.54 bits per heavy atom. The lowest BCUT2D eigenvalue weighted by Crippen LogP contribution is -2.61. The van der Waals surface area contributed by atoms with Crippen molar-refractivity contribution < 1.29 is 52.7 Å². The third kappa shape index (κ3) is 12.1. The van der Waals surface area contributed by atoms with Crippen LogP contribution in [-0.2, 0) is 43.7 Å². The molecular formula is C23H44N4O11S3. The van der Waals surface area contributed by atoms with Gasteiger partial charge in [0.25, 0.3) is 0 Å². The first-order valence-electron chi connectivity index (χ1n) is 13.0. The number of thioether (sulfide) groups is 1. The van der Waals surface area contributed by atoms with Gasteiger partial charge in [-0.15, -0.1) is 11.8 Å². The second-order valence-electron chi connectivity index (χ2n) is 10.9. The van der Waals surface area contributed by atoms with E-state index in [1.54, 1.807) is 0 Å². The lowest BCUT2D eigenvalue weighted by Gasteiger charge is -2.39. The minimum absolute atomic E-state index is 0.0348. The van der Waals surface area contributed by atoms with E-state index in [-0.39, 0.29) is 44.3 Å². The fourth-order valence-corrected chi connectivity index (χ4v) is 7.06. The molecule has 2 amide bonds. The van der Waals surface area contributed by atoms with Crippen LogP contribution in [0.3, 0.4) is 0 Å². The Morgan fingerprint density at radius 1 is 0.976 bits per heavy atom. The molecule has 0 saturated carbocycles. The van der Waals surface area contributed by atoms with E-state index < -0.39 is 85.6 Å². The second-order valence-corrected chi connectivity index (χ2v) is 17.6. The van der Waals surface area contributed by atoms with Crippen molar-refractivity contribution in [1.82, 2.24) is 15.4 Å². The molecule has 2 unspecified atom stereocenters. The quantitative estimate of drug-likeness (QED) is 0.0888. The van der Waals surface area contributed by atoms with Gasteiger partial charge in [-0.25, -0.2) is 4.36 Å². The van der Waals surface area contributed by atoms with Gasteiger partial charge in [0.05, 0.1) is 30.3 Å². The van der Waals surface area contributed by atoms with Gasteiger partial charge in [0.2, 0.25) is 11.8 Å². The number of hydrogen-bond acceptors (Lipinski definition) is 13. The predicted octanol–water partition coefficient (Wildman–Crippen LogP) is -4.21. The minimum Gasteiger partial charge on any atom is -0.389 e. The summed E-state index contributed by atoms with van der Waals surface area (Å²) in [6.07, 6.45) is -1.93. The molecule has 0 radical (unpaired) electrons. The monoisotopic (exact) mass is 648 g/mol. The minimum atomic E-state index is -2.70. The molecule has 2 rings (SSSR count). The summed E-state index contributed by atoms with van der Waals surface area (Å²) in [5, 5.41) is 45.7. The fraction of sp³-hybridized carbons (Fsp3) is 0.870. The van der Waals surface area contributed by atoms with Crippen LogP contribution in [0, 0.1) is 0 Å². The first kappa shape index (κ1) is 36.0. The van der Waals surface area contributed by atoms with Crippen LogP contribution in [0.5, 0.6) is 0 Å². The summed E-state index contributed by atoms with van der Waals surface area (Å²) in [6, 6.07) is -1.64. The number of amides is 2. The highest BCUT2D eigenvalue weighted by Gasteiger charge is 2.40. The van der Waals surface area contributed by atoms with E-state index in [0.29, 0.717) is 0 Å². The molecule has 0 aromatic heterocycles. The molecule has 9 atom stereocenters. The number of aliphatic hydroxyl groups excluding tert-OH is 4. The molecule has 2 fully saturated rings. The number of Topliss-reactive ketones (excluding diaryl/α,β-unsaturated/α-hetero) is 1. The summed E-state index contributed by atoms with van der Waals surface area (Å²) < 4.78 is 41.7. The van der Waals surface area contributed by atoms with Gasteiger partial charge in [0.15, 0.2) is 0 Å². The highest BCUT2D eigenvalue weighted by molar-refractivity contribution is 8.01. The molecule has 2 aliphatic rings. The van der Waals surface area contributed by atoms with E-state index in [1.165, 1.54) is 31.9 Å². The number of aliphatic hydroxyl groups is 4. The molecule has 7 N–H and O–H groups in total. The molecule has 0 aromatic rings. The van der Waals surface area contributed by atoms with Crippen LogP contribution in [0.25, 0.3) is 0 Å². The van der Waals surface area contributed by atoms with E-state index in [2.05, 4.69) is 19.7 Å². The number of nitrogens with one attached hydrogen (secondary N) is 3. The van der Waals surface area contributed by atoms with Crippen molar-refractivity contribution in [1.29, 1.82) is 0 Å². The highest BCUT2D eigenvalue weighted by Crippen LogP contribution is 2.21. The zero-order valence-corrected chi connectivity index (χ0v) is 26.3. The number of ketones is 1. The maximum atomic E-state index is 12.9. The summed E-state index contributed by atoms with van der Waals surface area (Å²) in [4.78, 5) is 37.1. The van der Waals surface area contributed by atoms with Gasteiger partial charge in [-0.1, -0.05) is 10.1 Å². The van der Waals surface area contributed by atoms with Crippen LogP contribution in [-0.4, -0.2) is 157 Å². The molecule has 0 bridgehead atoms. The normalized spacial score (nSPS) is 32.0. The third-order valence-corrected chi connectivity index (χ3v) is 9.32. The lowest BCUT2D eigenvalue weighted by atomic mass is 9.98. The predicted molar refractivity (Wildman–Crippen MR) is 156 cm³/mol. The number of ether oxygens (including phenoxy) is 2. The van der Waals surface area contributed by atoms with E-state index in [4.69, 9.17) is 9.47 Å². The Bertz CT molecular complexity index is 1090. The molecule has 0 aromatic carbocycles. The number of carbonyl (C=O) groups is 3. The van der Waals surface area contributed by atoms with Gasteiger partial charge in [0, 0.05) is 54.3 Å². The van der Waals surface area contributed by atoms with Crippen molar-refractivity contribution in [2.75, 3.05) is 57.1 Å². The zero-order valence-electron chi connectivity index (χ0n) is 23.8. The molecule has 2 aliphatic heterocycles. The summed E-state index contributed by atoms with van der Waals surface area (Å²) >= 11 is 0.951. The molecule has 15 nitrogen and oxygen atoms in total. The zero-order chi connectivity index (χ0) is 31.1. The van der Waals surface area contributed by atoms with Gasteiger partial charge >= 0.3 is 0 Å². The Morgan fingerprint density at radius 3 is 2.10 bits per heavy atom. The van der Waals surface area contributed by atoms with Crippen molar-refractivity contribution >= 4 is 49.2 Å². The first-order chi connectivity index (χ1) is 18.9. The Labute approximate surface area is 245 Å². The van der Waals surface area contributed by atoms with E-state index in [9.17, 15) is 43.2 Å². The SMILES string of the molecule is CC(=O)CSC(CC(=O)NC[C@H]1OC[C@@H](N[SH](C)(C)=O)[C@@H](O)[C@H]1O)C(=O)NCC1OC[C@@H](N=S(C)(C)=O)[C@@H](O)[C@H]1O. The molecule has 2 saturated heterocycles. The van der Waals surface area contributed by atoms with Crippen molar-refractivity contribution in [2.24, 2.45) is 4.36 Å². The largest absolute Gasteiger partial charge is 0.389 e. The van der Waals surface area contributed by atoms with E-state index >= 15 is 0 Å². The van der Waals surface area contributed by atoms with Gasteiger partial charge in [0.1, 0.15) is 48.4 Å². The van der Waals surface area contributed by atoms with E-state index in [0.717, 1.165) is 11.8 Å². The molecule has 18 heteroatoms. The molecule has 2 heterocycles. The maximum Gasteiger partial charge on any atom is 0.233 e. The molecule has 0 aliphatic carbocycles. The van der Waals surface area contributed by atoms with Crippen LogP contribution < -0.4 is 15.4 Å². The van der Waals surface area contributed by atoms with Gasteiger partial charge in [-0.3, -0.25) is 27.5 Å².